The van der Waals surface area contributed by atoms with E-state index in [0.717, 1.165) is 11.4 Å². The van der Waals surface area contributed by atoms with Crippen LogP contribution in [-0.4, -0.2) is 29.9 Å². The lowest BCUT2D eigenvalue weighted by molar-refractivity contribution is 0.0470. The predicted octanol–water partition coefficient (Wildman–Crippen LogP) is 7.85. The van der Waals surface area contributed by atoms with Crippen molar-refractivity contribution in [2.45, 2.75) is 60.2 Å². The molecule has 0 unspecified atom stereocenters. The fourth-order valence-electron chi connectivity index (χ4n) is 3.77. The number of nitrogens with one attached hydrogen (secondary N) is 3. The van der Waals surface area contributed by atoms with Crippen LogP contribution in [0.25, 0.3) is 0 Å². The smallest absolute Gasteiger partial charge is 0.409 e. The van der Waals surface area contributed by atoms with Gasteiger partial charge in [0.1, 0.15) is 22.8 Å². The number of para-hydroxylation sites is 1. The Morgan fingerprint density at radius 1 is 0.763 bits per heavy atom. The summed E-state index contributed by atoms with van der Waals surface area (Å²) in [5.74, 6) is 1.42. The van der Waals surface area contributed by atoms with Crippen molar-refractivity contribution in [1.29, 1.82) is 0 Å². The van der Waals surface area contributed by atoms with Gasteiger partial charge < -0.3 is 25.0 Å². The maximum atomic E-state index is 12.5. The Labute approximate surface area is 226 Å². The van der Waals surface area contributed by atoms with Crippen LogP contribution in [0.5, 0.6) is 11.5 Å². The molecule has 0 saturated heterocycles. The summed E-state index contributed by atoms with van der Waals surface area (Å²) in [6.07, 6.45) is -0.481. The molecule has 0 aliphatic carbocycles. The van der Waals surface area contributed by atoms with Gasteiger partial charge in [-0.3, -0.25) is 5.32 Å². The lowest BCUT2D eigenvalue weighted by Crippen LogP contribution is -2.57. The number of rotatable bonds is 8. The molecule has 0 aliphatic heterocycles. The van der Waals surface area contributed by atoms with E-state index in [1.807, 2.05) is 101 Å². The fourth-order valence-corrected chi connectivity index (χ4v) is 3.77. The van der Waals surface area contributed by atoms with Crippen LogP contribution >= 0.6 is 0 Å². The van der Waals surface area contributed by atoms with Crippen molar-refractivity contribution in [1.82, 2.24) is 5.32 Å². The van der Waals surface area contributed by atoms with Crippen molar-refractivity contribution < 1.29 is 19.1 Å². The van der Waals surface area contributed by atoms with Crippen LogP contribution in [-0.2, 0) is 4.74 Å². The van der Waals surface area contributed by atoms with E-state index >= 15 is 0 Å². The second-order valence-electron chi connectivity index (χ2n) is 10.00. The second kappa shape index (κ2) is 12.9. The molecule has 0 fully saturated rings. The fraction of sp³-hybridized carbons (Fsp3) is 0.333. The highest BCUT2D eigenvalue weighted by Crippen LogP contribution is 2.25. The van der Waals surface area contributed by atoms with Crippen molar-refractivity contribution in [2.75, 3.05) is 22.1 Å². The molecule has 8 heteroatoms. The Hall–Kier alpha value is -4.20. The molecule has 0 saturated carbocycles. The standard InChI is InChI=1S/C29H36N4O4.CH4/c1-7-33(29(5,6)32-27(35)37-28(2,3)4)23-17-13-21(14-18-23)30-26(34)31-22-15-19-25(20-16-22)36-24-11-9-8-10-12-24;/h8-20H,7H2,1-6H3,(H,32,35)(H2,30,31,34);1H4. The normalized spacial score (nSPS) is 11.0. The van der Waals surface area contributed by atoms with Gasteiger partial charge in [-0.2, -0.15) is 0 Å². The summed E-state index contributed by atoms with van der Waals surface area (Å²) in [4.78, 5) is 26.9. The molecule has 3 N–H and O–H groups in total. The van der Waals surface area contributed by atoms with Gasteiger partial charge in [0.25, 0.3) is 0 Å². The zero-order valence-corrected chi connectivity index (χ0v) is 22.3. The van der Waals surface area contributed by atoms with E-state index in [-0.39, 0.29) is 13.5 Å². The predicted molar refractivity (Wildman–Crippen MR) is 155 cm³/mol. The Bertz CT molecular complexity index is 1170. The van der Waals surface area contributed by atoms with Gasteiger partial charge in [0, 0.05) is 23.6 Å². The third-order valence-corrected chi connectivity index (χ3v) is 5.33. The summed E-state index contributed by atoms with van der Waals surface area (Å²) in [5, 5.41) is 8.58. The lowest BCUT2D eigenvalue weighted by Gasteiger charge is -2.40. The van der Waals surface area contributed by atoms with Crippen molar-refractivity contribution in [3.8, 4) is 11.5 Å². The number of carbonyl (C=O) groups excluding carboxylic acids is 2. The van der Waals surface area contributed by atoms with Crippen molar-refractivity contribution in [3.63, 3.8) is 0 Å². The number of hydrogen-bond acceptors (Lipinski definition) is 5. The number of amides is 3. The maximum absolute atomic E-state index is 12.5. The summed E-state index contributed by atoms with van der Waals surface area (Å²) in [5.41, 5.74) is 0.896. The minimum absolute atomic E-state index is 0. The molecule has 204 valence electrons. The van der Waals surface area contributed by atoms with E-state index in [9.17, 15) is 9.59 Å². The molecule has 0 aliphatic rings. The molecule has 0 radical (unpaired) electrons. The molecular formula is C30H40N4O4. The number of carbonyl (C=O) groups is 2. The number of urea groups is 1. The van der Waals surface area contributed by atoms with Gasteiger partial charge in [0.2, 0.25) is 0 Å². The summed E-state index contributed by atoms with van der Waals surface area (Å²) < 4.78 is 11.2. The monoisotopic (exact) mass is 520 g/mol. The molecule has 0 bridgehead atoms. The molecule has 0 aromatic heterocycles. The number of ether oxygens (including phenoxy) is 2. The third-order valence-electron chi connectivity index (χ3n) is 5.33. The number of benzene rings is 3. The highest BCUT2D eigenvalue weighted by Gasteiger charge is 2.30. The minimum Gasteiger partial charge on any atom is -0.457 e. The van der Waals surface area contributed by atoms with Crippen LogP contribution in [0.2, 0.25) is 0 Å². The molecule has 8 nitrogen and oxygen atoms in total. The van der Waals surface area contributed by atoms with E-state index in [4.69, 9.17) is 9.47 Å². The zero-order valence-electron chi connectivity index (χ0n) is 22.3. The lowest BCUT2D eigenvalue weighted by atomic mass is 10.1. The maximum Gasteiger partial charge on any atom is 0.409 e. The molecule has 3 aromatic carbocycles. The average molecular weight is 521 g/mol. The summed E-state index contributed by atoms with van der Waals surface area (Å²) in [6.45, 7) is 12.0. The first-order chi connectivity index (χ1) is 17.4. The van der Waals surface area contributed by atoms with Gasteiger partial charge in [0.15, 0.2) is 0 Å². The van der Waals surface area contributed by atoms with Crippen LogP contribution in [0.3, 0.4) is 0 Å². The number of nitrogens with zero attached hydrogens (tertiary/aromatic N) is 1. The average Bonchev–Trinajstić information content (AvgIpc) is 2.81. The number of alkyl carbamates (subject to hydrolysis) is 1. The van der Waals surface area contributed by atoms with Crippen LogP contribution in [0.4, 0.5) is 26.7 Å². The zero-order chi connectivity index (χ0) is 27.1. The van der Waals surface area contributed by atoms with Crippen LogP contribution in [0.1, 0.15) is 49.0 Å². The largest absolute Gasteiger partial charge is 0.457 e. The van der Waals surface area contributed by atoms with Crippen molar-refractivity contribution in [2.24, 2.45) is 0 Å². The van der Waals surface area contributed by atoms with Gasteiger partial charge in [-0.05, 0) is 102 Å². The summed E-state index contributed by atoms with van der Waals surface area (Å²) in [6, 6.07) is 23.7. The summed E-state index contributed by atoms with van der Waals surface area (Å²) in [7, 11) is 0. The number of anilines is 3. The second-order valence-corrected chi connectivity index (χ2v) is 10.00. The van der Waals surface area contributed by atoms with E-state index in [1.165, 1.54) is 0 Å². The number of hydrogen-bond donors (Lipinski definition) is 3. The Kier molecular flexibility index (Phi) is 10.2. The molecule has 3 aromatic rings. The van der Waals surface area contributed by atoms with Gasteiger partial charge in [0.05, 0.1) is 0 Å². The molecular weight excluding hydrogens is 480 g/mol. The molecule has 0 heterocycles. The molecule has 0 atom stereocenters. The van der Waals surface area contributed by atoms with Crippen molar-refractivity contribution in [3.05, 3.63) is 78.9 Å². The van der Waals surface area contributed by atoms with Crippen LogP contribution < -0.4 is 25.6 Å². The highest BCUT2D eigenvalue weighted by molar-refractivity contribution is 5.99. The topological polar surface area (TPSA) is 91.9 Å². The quantitative estimate of drug-likeness (QED) is 0.263. The van der Waals surface area contributed by atoms with Crippen LogP contribution in [0, 0.1) is 0 Å². The Morgan fingerprint density at radius 3 is 1.76 bits per heavy atom. The van der Waals surface area contributed by atoms with E-state index in [1.54, 1.807) is 24.3 Å². The van der Waals surface area contributed by atoms with Crippen molar-refractivity contribution >= 4 is 29.2 Å². The Balaban J connectivity index is 0.00000507. The minimum atomic E-state index is -0.695. The van der Waals surface area contributed by atoms with Gasteiger partial charge in [-0.15, -0.1) is 0 Å². The highest BCUT2D eigenvalue weighted by atomic mass is 16.6. The summed E-state index contributed by atoms with van der Waals surface area (Å²) >= 11 is 0. The van der Waals surface area contributed by atoms with E-state index < -0.39 is 17.4 Å². The first-order valence-electron chi connectivity index (χ1n) is 12.2. The van der Waals surface area contributed by atoms with Gasteiger partial charge in [-0.25, -0.2) is 9.59 Å². The Morgan fingerprint density at radius 2 is 1.26 bits per heavy atom. The van der Waals surface area contributed by atoms with E-state index in [0.29, 0.717) is 23.7 Å². The third kappa shape index (κ3) is 9.03. The first kappa shape index (κ1) is 30.0. The SMILES string of the molecule is C.CCN(c1ccc(NC(=O)Nc2ccc(Oc3ccccc3)cc2)cc1)C(C)(C)NC(=O)OC(C)(C)C. The molecule has 0 spiro atoms. The van der Waals surface area contributed by atoms with Crippen LogP contribution in [0.15, 0.2) is 78.9 Å². The molecule has 3 rings (SSSR count). The van der Waals surface area contributed by atoms with Gasteiger partial charge in [-0.1, -0.05) is 25.6 Å². The first-order valence-corrected chi connectivity index (χ1v) is 12.2. The molecule has 3 amide bonds. The van der Waals surface area contributed by atoms with E-state index in [2.05, 4.69) is 16.0 Å². The molecule has 38 heavy (non-hydrogen) atoms. The van der Waals surface area contributed by atoms with Gasteiger partial charge >= 0.3 is 12.1 Å².